The van der Waals surface area contributed by atoms with Gasteiger partial charge < -0.3 is 4.52 Å². The van der Waals surface area contributed by atoms with Gasteiger partial charge in [0.2, 0.25) is 5.89 Å². The average molecular weight is 285 g/mol. The van der Waals surface area contributed by atoms with Gasteiger partial charge in [-0.15, -0.1) is 0 Å². The zero-order valence-electron chi connectivity index (χ0n) is 12.7. The zero-order valence-corrected chi connectivity index (χ0v) is 12.7. The fraction of sp³-hybridized carbons (Fsp3) is 0.824. The van der Waals surface area contributed by atoms with Crippen LogP contribution in [-0.2, 0) is 11.8 Å². The maximum atomic E-state index is 8.76. The average Bonchev–Trinajstić information content (AvgIpc) is 2.86. The van der Waals surface area contributed by atoms with Crippen molar-refractivity contribution in [3.63, 3.8) is 0 Å². The van der Waals surface area contributed by atoms with Crippen molar-refractivity contribution in [2.45, 2.75) is 63.7 Å². The number of aromatic nitrogens is 2. The fourth-order valence-corrected chi connectivity index (χ4v) is 5.46. The van der Waals surface area contributed by atoms with Crippen LogP contribution < -0.4 is 0 Å². The monoisotopic (exact) mass is 285 g/mol. The molecule has 1 heterocycles. The summed E-state index contributed by atoms with van der Waals surface area (Å²) < 4.78 is 5.50. The van der Waals surface area contributed by atoms with Crippen molar-refractivity contribution in [3.8, 4) is 6.07 Å². The van der Waals surface area contributed by atoms with Crippen LogP contribution in [0.5, 0.6) is 0 Å². The van der Waals surface area contributed by atoms with Crippen molar-refractivity contribution in [1.29, 1.82) is 5.26 Å². The van der Waals surface area contributed by atoms with E-state index in [9.17, 15) is 0 Å². The molecular formula is C17H23N3O. The molecule has 0 radical (unpaired) electrons. The maximum Gasteiger partial charge on any atom is 0.226 e. The Bertz CT molecular complexity index is 536. The summed E-state index contributed by atoms with van der Waals surface area (Å²) in [7, 11) is 0. The summed E-state index contributed by atoms with van der Waals surface area (Å²) in [5.74, 6) is 4.69. The molecule has 4 fully saturated rings. The Balaban J connectivity index is 1.54. The topological polar surface area (TPSA) is 62.7 Å². The molecule has 4 saturated carbocycles. The Morgan fingerprint density at radius 2 is 1.86 bits per heavy atom. The molecule has 1 aromatic heterocycles. The number of rotatable bonds is 4. The molecule has 4 nitrogen and oxygen atoms in total. The highest BCUT2D eigenvalue weighted by atomic mass is 16.5. The van der Waals surface area contributed by atoms with E-state index in [1.54, 1.807) is 0 Å². The first-order valence-corrected chi connectivity index (χ1v) is 8.37. The summed E-state index contributed by atoms with van der Waals surface area (Å²) in [5.41, 5.74) is 0.217. The van der Waals surface area contributed by atoms with Crippen molar-refractivity contribution in [3.05, 3.63) is 11.7 Å². The summed E-state index contributed by atoms with van der Waals surface area (Å²) in [6.45, 7) is 2.07. The number of nitrogens with zero attached hydrogens (tertiary/aromatic N) is 3. The second-order valence-corrected chi connectivity index (χ2v) is 7.88. The molecule has 4 aliphatic carbocycles. The van der Waals surface area contributed by atoms with Gasteiger partial charge >= 0.3 is 0 Å². The molecule has 4 bridgehead atoms. The highest BCUT2D eigenvalue weighted by Crippen LogP contribution is 2.60. The van der Waals surface area contributed by atoms with Gasteiger partial charge in [0.1, 0.15) is 0 Å². The van der Waals surface area contributed by atoms with Crippen molar-refractivity contribution < 1.29 is 4.52 Å². The minimum atomic E-state index is 0.217. The van der Waals surface area contributed by atoms with E-state index in [1.165, 1.54) is 38.5 Å². The predicted octanol–water partition coefficient (Wildman–Crippen LogP) is 3.63. The Kier molecular flexibility index (Phi) is 3.06. The van der Waals surface area contributed by atoms with Gasteiger partial charge in [-0.1, -0.05) is 12.1 Å². The molecule has 1 unspecified atom stereocenters. The molecule has 0 saturated heterocycles. The molecule has 0 spiro atoms. The summed E-state index contributed by atoms with van der Waals surface area (Å²) in [4.78, 5) is 4.74. The molecule has 4 aliphatic rings. The molecule has 0 aliphatic heterocycles. The quantitative estimate of drug-likeness (QED) is 0.847. The van der Waals surface area contributed by atoms with Crippen LogP contribution in [0.15, 0.2) is 4.52 Å². The Morgan fingerprint density at radius 3 is 2.43 bits per heavy atom. The van der Waals surface area contributed by atoms with E-state index in [-0.39, 0.29) is 5.41 Å². The maximum absolute atomic E-state index is 8.76. The largest absolute Gasteiger partial charge is 0.339 e. The first kappa shape index (κ1) is 13.3. The van der Waals surface area contributed by atoms with E-state index in [1.807, 2.05) is 0 Å². The summed E-state index contributed by atoms with van der Waals surface area (Å²) in [6.07, 6.45) is 9.39. The lowest BCUT2D eigenvalue weighted by atomic mass is 9.49. The number of nitriles is 1. The zero-order chi connectivity index (χ0) is 14.4. The molecule has 0 N–H and O–H groups in total. The van der Waals surface area contributed by atoms with Crippen LogP contribution in [-0.4, -0.2) is 10.1 Å². The van der Waals surface area contributed by atoms with E-state index in [0.717, 1.165) is 35.9 Å². The normalized spacial score (nSPS) is 38.4. The highest BCUT2D eigenvalue weighted by molar-refractivity contribution is 5.16. The molecule has 0 aromatic carbocycles. The lowest BCUT2D eigenvalue weighted by Gasteiger charge is -2.55. The van der Waals surface area contributed by atoms with Crippen LogP contribution >= 0.6 is 0 Å². The summed E-state index contributed by atoms with van der Waals surface area (Å²) in [5, 5.41) is 13.1. The second kappa shape index (κ2) is 4.83. The van der Waals surface area contributed by atoms with Crippen LogP contribution in [0.3, 0.4) is 0 Å². The number of hydrogen-bond acceptors (Lipinski definition) is 4. The van der Waals surface area contributed by atoms with E-state index in [0.29, 0.717) is 12.3 Å². The van der Waals surface area contributed by atoms with Gasteiger partial charge in [-0.05, 0) is 62.2 Å². The van der Waals surface area contributed by atoms with E-state index in [4.69, 9.17) is 14.8 Å². The van der Waals surface area contributed by atoms with E-state index in [2.05, 4.69) is 18.1 Å². The SMILES string of the molecule is CC(CC#N)Cc1nc(C23CC4CC(CC(C4)C2)C3)no1. The number of hydrogen-bond donors (Lipinski definition) is 0. The van der Waals surface area contributed by atoms with E-state index < -0.39 is 0 Å². The van der Waals surface area contributed by atoms with Gasteiger partial charge in [0, 0.05) is 18.3 Å². The van der Waals surface area contributed by atoms with Gasteiger partial charge in [0.15, 0.2) is 5.82 Å². The molecule has 5 rings (SSSR count). The van der Waals surface area contributed by atoms with Crippen molar-refractivity contribution in [2.75, 3.05) is 0 Å². The van der Waals surface area contributed by atoms with Crippen molar-refractivity contribution >= 4 is 0 Å². The Hall–Kier alpha value is -1.37. The van der Waals surface area contributed by atoms with Crippen LogP contribution in [0, 0.1) is 35.0 Å². The molecule has 4 heteroatoms. The molecule has 1 atom stereocenters. The third-order valence-electron chi connectivity index (χ3n) is 5.94. The first-order valence-electron chi connectivity index (χ1n) is 8.37. The van der Waals surface area contributed by atoms with Crippen molar-refractivity contribution in [2.24, 2.45) is 23.7 Å². The van der Waals surface area contributed by atoms with Gasteiger partial charge in [0.05, 0.1) is 6.07 Å². The van der Waals surface area contributed by atoms with Gasteiger partial charge in [-0.25, -0.2) is 0 Å². The fourth-order valence-electron chi connectivity index (χ4n) is 5.46. The van der Waals surface area contributed by atoms with E-state index >= 15 is 0 Å². The molecular weight excluding hydrogens is 262 g/mol. The molecule has 0 amide bonds. The summed E-state index contributed by atoms with van der Waals surface area (Å²) >= 11 is 0. The Morgan fingerprint density at radius 1 is 1.24 bits per heavy atom. The standard InChI is InChI=1S/C17H23N3O/c1-11(2-3-18)4-15-19-16(20-21-15)17-8-12-5-13(9-17)7-14(6-12)10-17/h11-14H,2,4-10H2,1H3. The van der Waals surface area contributed by atoms with Crippen LogP contribution in [0.4, 0.5) is 0 Å². The Labute approximate surface area is 125 Å². The molecule has 1 aromatic rings. The van der Waals surface area contributed by atoms with Crippen LogP contribution in [0.25, 0.3) is 0 Å². The lowest BCUT2D eigenvalue weighted by molar-refractivity contribution is -0.0103. The third-order valence-corrected chi connectivity index (χ3v) is 5.94. The van der Waals surface area contributed by atoms with Gasteiger partial charge in [-0.2, -0.15) is 10.2 Å². The minimum absolute atomic E-state index is 0.217. The second-order valence-electron chi connectivity index (χ2n) is 7.88. The minimum Gasteiger partial charge on any atom is -0.339 e. The third kappa shape index (κ3) is 2.27. The highest BCUT2D eigenvalue weighted by Gasteiger charge is 2.53. The van der Waals surface area contributed by atoms with Crippen LogP contribution in [0.1, 0.15) is 63.6 Å². The van der Waals surface area contributed by atoms with Gasteiger partial charge in [0.25, 0.3) is 0 Å². The van der Waals surface area contributed by atoms with Crippen molar-refractivity contribution in [1.82, 2.24) is 10.1 Å². The predicted molar refractivity (Wildman–Crippen MR) is 77.2 cm³/mol. The molecule has 112 valence electrons. The first-order chi connectivity index (χ1) is 10.2. The summed E-state index contributed by atoms with van der Waals surface area (Å²) in [6, 6.07) is 2.21. The van der Waals surface area contributed by atoms with Crippen LogP contribution in [0.2, 0.25) is 0 Å². The smallest absolute Gasteiger partial charge is 0.226 e. The lowest BCUT2D eigenvalue weighted by Crippen LogP contribution is -2.49. The molecule has 21 heavy (non-hydrogen) atoms. The van der Waals surface area contributed by atoms with Gasteiger partial charge in [-0.3, -0.25) is 0 Å².